The van der Waals surface area contributed by atoms with Gasteiger partial charge in [0.1, 0.15) is 0 Å². The molecule has 1 fully saturated rings. The Bertz CT molecular complexity index is 193. The van der Waals surface area contributed by atoms with E-state index in [1.54, 1.807) is 0 Å². The number of nitrogens with zero attached hydrogens (tertiary/aromatic N) is 1. The van der Waals surface area contributed by atoms with Crippen molar-refractivity contribution in [3.05, 3.63) is 0 Å². The molecule has 1 saturated heterocycles. The van der Waals surface area contributed by atoms with Crippen molar-refractivity contribution in [2.75, 3.05) is 26.9 Å². The van der Waals surface area contributed by atoms with Gasteiger partial charge in [-0.25, -0.2) is 0 Å². The van der Waals surface area contributed by atoms with Gasteiger partial charge in [0.2, 0.25) is 0 Å². The Morgan fingerprint density at radius 1 is 1.38 bits per heavy atom. The van der Waals surface area contributed by atoms with Crippen molar-refractivity contribution >= 4 is 0 Å². The average Bonchev–Trinajstić information content (AvgIpc) is 2.30. The first-order valence-electron chi connectivity index (χ1n) is 6.24. The van der Waals surface area contributed by atoms with Crippen LogP contribution in [0.2, 0.25) is 0 Å². The molecule has 96 valence electrons. The maximum absolute atomic E-state index is 9.49. The van der Waals surface area contributed by atoms with Crippen molar-refractivity contribution in [1.29, 1.82) is 0 Å². The first-order valence-corrected chi connectivity index (χ1v) is 6.24. The quantitative estimate of drug-likeness (QED) is 0.719. The van der Waals surface area contributed by atoms with E-state index >= 15 is 0 Å². The minimum Gasteiger partial charge on any atom is -0.395 e. The number of hydrogen-bond acceptors (Lipinski definition) is 4. The molecule has 4 nitrogen and oxygen atoms in total. The lowest BCUT2D eigenvalue weighted by Crippen LogP contribution is -2.55. The molecule has 0 saturated carbocycles. The molecule has 1 rings (SSSR count). The van der Waals surface area contributed by atoms with Gasteiger partial charge >= 0.3 is 0 Å². The van der Waals surface area contributed by atoms with Gasteiger partial charge in [-0.1, -0.05) is 13.8 Å². The number of ether oxygens (including phenoxy) is 1. The van der Waals surface area contributed by atoms with Crippen molar-refractivity contribution < 1.29 is 9.84 Å². The second kappa shape index (κ2) is 6.55. The predicted molar refractivity (Wildman–Crippen MR) is 65.3 cm³/mol. The molecule has 0 radical (unpaired) electrons. The summed E-state index contributed by atoms with van der Waals surface area (Å²) in [5, 5.41) is 9.49. The van der Waals surface area contributed by atoms with E-state index in [0.717, 1.165) is 26.1 Å². The second-order valence-electron chi connectivity index (χ2n) is 5.08. The van der Waals surface area contributed by atoms with E-state index in [9.17, 15) is 5.11 Å². The number of likely N-dealkylation sites (N-methyl/N-ethyl adjacent to an activating group) is 1. The van der Waals surface area contributed by atoms with Crippen molar-refractivity contribution in [2.45, 2.75) is 44.8 Å². The van der Waals surface area contributed by atoms with Crippen LogP contribution < -0.4 is 5.73 Å². The Morgan fingerprint density at radius 2 is 1.94 bits per heavy atom. The van der Waals surface area contributed by atoms with Gasteiger partial charge in [0.05, 0.1) is 6.61 Å². The Balaban J connectivity index is 2.56. The summed E-state index contributed by atoms with van der Waals surface area (Å²) in [5.41, 5.74) is 6.15. The summed E-state index contributed by atoms with van der Waals surface area (Å²) < 4.78 is 5.35. The van der Waals surface area contributed by atoms with Gasteiger partial charge in [-0.15, -0.1) is 0 Å². The molecule has 0 amide bonds. The number of aliphatic hydroxyl groups excluding tert-OH is 1. The molecule has 0 aromatic heterocycles. The summed E-state index contributed by atoms with van der Waals surface area (Å²) >= 11 is 0. The molecule has 1 aliphatic rings. The van der Waals surface area contributed by atoms with Gasteiger partial charge in [-0.2, -0.15) is 0 Å². The predicted octanol–water partition coefficient (Wildman–Crippen LogP) is 0.441. The highest BCUT2D eigenvalue weighted by Crippen LogP contribution is 2.18. The van der Waals surface area contributed by atoms with Gasteiger partial charge < -0.3 is 15.6 Å². The third kappa shape index (κ3) is 3.42. The maximum Gasteiger partial charge on any atom is 0.0602 e. The number of aliphatic hydroxyl groups is 1. The van der Waals surface area contributed by atoms with Gasteiger partial charge in [0.15, 0.2) is 0 Å². The zero-order valence-electron chi connectivity index (χ0n) is 10.7. The van der Waals surface area contributed by atoms with Gasteiger partial charge in [0.25, 0.3) is 0 Å². The third-order valence-corrected chi connectivity index (χ3v) is 3.69. The molecule has 2 atom stereocenters. The summed E-state index contributed by atoms with van der Waals surface area (Å²) in [5.74, 6) is 0.388. The molecule has 1 aliphatic heterocycles. The zero-order chi connectivity index (χ0) is 12.1. The fourth-order valence-electron chi connectivity index (χ4n) is 2.33. The molecule has 0 bridgehead atoms. The zero-order valence-corrected chi connectivity index (χ0v) is 10.7. The second-order valence-corrected chi connectivity index (χ2v) is 5.08. The minimum atomic E-state index is 0.0258. The summed E-state index contributed by atoms with van der Waals surface area (Å²) in [6, 6.07) is 0.580. The fourth-order valence-corrected chi connectivity index (χ4v) is 2.33. The molecule has 1 heterocycles. The molecule has 0 aromatic rings. The van der Waals surface area contributed by atoms with E-state index < -0.39 is 0 Å². The summed E-state index contributed by atoms with van der Waals surface area (Å²) in [6.07, 6.45) is 2.08. The molecular formula is C12H26N2O2. The van der Waals surface area contributed by atoms with Crippen molar-refractivity contribution in [1.82, 2.24) is 4.90 Å². The van der Waals surface area contributed by atoms with E-state index in [1.165, 1.54) is 0 Å². The molecular weight excluding hydrogens is 204 g/mol. The topological polar surface area (TPSA) is 58.7 Å². The lowest BCUT2D eigenvalue weighted by Gasteiger charge is -2.40. The lowest BCUT2D eigenvalue weighted by atomic mass is 9.94. The van der Waals surface area contributed by atoms with Gasteiger partial charge in [-0.3, -0.25) is 4.90 Å². The van der Waals surface area contributed by atoms with Crippen molar-refractivity contribution in [3.8, 4) is 0 Å². The van der Waals surface area contributed by atoms with Crippen LogP contribution >= 0.6 is 0 Å². The fraction of sp³-hybridized carbons (Fsp3) is 1.00. The highest BCUT2D eigenvalue weighted by Gasteiger charge is 2.29. The molecule has 0 aliphatic carbocycles. The molecule has 0 spiro atoms. The van der Waals surface area contributed by atoms with Crippen molar-refractivity contribution in [2.24, 2.45) is 11.7 Å². The van der Waals surface area contributed by atoms with E-state index in [2.05, 4.69) is 25.8 Å². The van der Waals surface area contributed by atoms with E-state index in [0.29, 0.717) is 12.0 Å². The Hall–Kier alpha value is -0.160. The highest BCUT2D eigenvalue weighted by atomic mass is 16.5. The smallest absolute Gasteiger partial charge is 0.0602 e. The van der Waals surface area contributed by atoms with E-state index in [-0.39, 0.29) is 18.7 Å². The Morgan fingerprint density at radius 3 is 2.38 bits per heavy atom. The van der Waals surface area contributed by atoms with E-state index in [4.69, 9.17) is 10.5 Å². The number of hydrogen-bond donors (Lipinski definition) is 2. The van der Waals surface area contributed by atoms with Crippen molar-refractivity contribution in [3.63, 3.8) is 0 Å². The molecule has 2 unspecified atom stereocenters. The minimum absolute atomic E-state index is 0.0258. The lowest BCUT2D eigenvalue weighted by molar-refractivity contribution is 0.00756. The molecule has 16 heavy (non-hydrogen) atoms. The first kappa shape index (κ1) is 13.9. The Kier molecular flexibility index (Phi) is 5.69. The van der Waals surface area contributed by atoms with Gasteiger partial charge in [-0.05, 0) is 25.8 Å². The summed E-state index contributed by atoms with van der Waals surface area (Å²) in [7, 11) is 2.07. The Labute approximate surface area is 98.8 Å². The number of nitrogens with two attached hydrogens (primary N) is 1. The van der Waals surface area contributed by atoms with Crippen LogP contribution in [0.1, 0.15) is 26.7 Å². The standard InChI is InChI=1S/C12H26N2O2/c1-9(2)12(13)11(8-15)14(3)10-4-6-16-7-5-10/h9-12,15H,4-8,13H2,1-3H3. The SMILES string of the molecule is CC(C)C(N)C(CO)N(C)C1CCOCC1. The monoisotopic (exact) mass is 230 g/mol. The van der Waals surface area contributed by atoms with Crippen LogP contribution in [0, 0.1) is 5.92 Å². The van der Waals surface area contributed by atoms with Gasteiger partial charge in [0, 0.05) is 31.3 Å². The van der Waals surface area contributed by atoms with Crippen LogP contribution in [0.15, 0.2) is 0 Å². The number of rotatable bonds is 5. The molecule has 3 N–H and O–H groups in total. The summed E-state index contributed by atoms with van der Waals surface area (Å²) in [4.78, 5) is 2.24. The first-order chi connectivity index (χ1) is 7.57. The van der Waals surface area contributed by atoms with Crippen LogP contribution in [0.25, 0.3) is 0 Å². The highest BCUT2D eigenvalue weighted by molar-refractivity contribution is 4.86. The average molecular weight is 230 g/mol. The van der Waals surface area contributed by atoms with Crippen LogP contribution in [0.3, 0.4) is 0 Å². The molecule has 0 aromatic carbocycles. The van der Waals surface area contributed by atoms with Crippen LogP contribution in [-0.2, 0) is 4.74 Å². The summed E-state index contributed by atoms with van der Waals surface area (Å²) in [6.45, 7) is 5.98. The molecule has 4 heteroatoms. The largest absolute Gasteiger partial charge is 0.395 e. The third-order valence-electron chi connectivity index (χ3n) is 3.69. The van der Waals surface area contributed by atoms with E-state index in [1.807, 2.05) is 0 Å². The van der Waals surface area contributed by atoms with Crippen LogP contribution in [-0.4, -0.2) is 55.0 Å². The normalized spacial score (nSPS) is 22.7. The maximum atomic E-state index is 9.49. The van der Waals surface area contributed by atoms with Crippen LogP contribution in [0.4, 0.5) is 0 Å². The van der Waals surface area contributed by atoms with Crippen LogP contribution in [0.5, 0.6) is 0 Å².